The van der Waals surface area contributed by atoms with E-state index in [1.165, 1.54) is 0 Å². The molecule has 0 aromatic carbocycles. The van der Waals surface area contributed by atoms with Gasteiger partial charge in [0.1, 0.15) is 0 Å². The summed E-state index contributed by atoms with van der Waals surface area (Å²) in [5, 5.41) is 0. The standard InChI is InChI=1S/C8H14O3/c1-8(2,3)7-10-5-4-6(9)11-7/h7H,4-5H2,1-3H3. The zero-order valence-corrected chi connectivity index (χ0v) is 7.22. The highest BCUT2D eigenvalue weighted by Gasteiger charge is 2.31. The lowest BCUT2D eigenvalue weighted by Crippen LogP contribution is -2.38. The number of hydrogen-bond acceptors (Lipinski definition) is 3. The first-order valence-corrected chi connectivity index (χ1v) is 3.81. The Bertz CT molecular complexity index is 157. The van der Waals surface area contributed by atoms with Crippen LogP contribution >= 0.6 is 0 Å². The number of carbonyl (C=O) groups is 1. The molecule has 0 N–H and O–H groups in total. The summed E-state index contributed by atoms with van der Waals surface area (Å²) in [4.78, 5) is 10.8. The second kappa shape index (κ2) is 2.81. The second-order valence-corrected chi connectivity index (χ2v) is 3.81. The van der Waals surface area contributed by atoms with E-state index in [-0.39, 0.29) is 17.7 Å². The Morgan fingerprint density at radius 2 is 2.09 bits per heavy atom. The van der Waals surface area contributed by atoms with Gasteiger partial charge in [0.25, 0.3) is 0 Å². The van der Waals surface area contributed by atoms with Gasteiger partial charge in [-0.15, -0.1) is 0 Å². The van der Waals surface area contributed by atoms with Gasteiger partial charge in [0.15, 0.2) is 0 Å². The fourth-order valence-corrected chi connectivity index (χ4v) is 0.888. The van der Waals surface area contributed by atoms with Gasteiger partial charge in [-0.2, -0.15) is 0 Å². The molecule has 11 heavy (non-hydrogen) atoms. The molecule has 1 rings (SSSR count). The minimum absolute atomic E-state index is 0.115. The molecule has 1 heterocycles. The molecule has 0 aliphatic carbocycles. The minimum atomic E-state index is -0.372. The van der Waals surface area contributed by atoms with Crippen LogP contribution in [0.25, 0.3) is 0 Å². The number of carbonyl (C=O) groups excluding carboxylic acids is 1. The average molecular weight is 158 g/mol. The molecule has 3 heteroatoms. The van der Waals surface area contributed by atoms with Crippen molar-refractivity contribution in [1.29, 1.82) is 0 Å². The lowest BCUT2D eigenvalue weighted by molar-refractivity contribution is -0.223. The first kappa shape index (κ1) is 8.53. The highest BCUT2D eigenvalue weighted by molar-refractivity contribution is 5.70. The van der Waals surface area contributed by atoms with Gasteiger partial charge in [-0.3, -0.25) is 4.79 Å². The molecule has 1 atom stereocenters. The fraction of sp³-hybridized carbons (Fsp3) is 0.875. The summed E-state index contributed by atoms with van der Waals surface area (Å²) in [6, 6.07) is 0. The summed E-state index contributed by atoms with van der Waals surface area (Å²) in [6.45, 7) is 6.43. The third-order valence-electron chi connectivity index (χ3n) is 1.52. The minimum Gasteiger partial charge on any atom is -0.435 e. The zero-order valence-electron chi connectivity index (χ0n) is 7.22. The monoisotopic (exact) mass is 158 g/mol. The molecule has 0 aromatic heterocycles. The van der Waals surface area contributed by atoms with E-state index in [9.17, 15) is 4.79 Å². The molecular weight excluding hydrogens is 144 g/mol. The van der Waals surface area contributed by atoms with E-state index in [0.717, 1.165) is 0 Å². The summed E-state index contributed by atoms with van der Waals surface area (Å²) >= 11 is 0. The average Bonchev–Trinajstić information content (AvgIpc) is 1.86. The van der Waals surface area contributed by atoms with Crippen molar-refractivity contribution in [3.8, 4) is 0 Å². The Balaban J connectivity index is 2.53. The maximum absolute atomic E-state index is 10.8. The number of ether oxygens (including phenoxy) is 2. The van der Waals surface area contributed by atoms with Gasteiger partial charge in [0.05, 0.1) is 13.0 Å². The molecule has 1 fully saturated rings. The molecule has 0 spiro atoms. The highest BCUT2D eigenvalue weighted by atomic mass is 16.7. The number of cyclic esters (lactones) is 1. The molecule has 1 aliphatic heterocycles. The van der Waals surface area contributed by atoms with Crippen molar-refractivity contribution >= 4 is 5.97 Å². The molecule has 1 aliphatic rings. The maximum atomic E-state index is 10.8. The second-order valence-electron chi connectivity index (χ2n) is 3.81. The Kier molecular flexibility index (Phi) is 2.18. The van der Waals surface area contributed by atoms with Gasteiger partial charge >= 0.3 is 5.97 Å². The van der Waals surface area contributed by atoms with E-state index in [4.69, 9.17) is 9.47 Å². The van der Waals surface area contributed by atoms with Crippen molar-refractivity contribution in [1.82, 2.24) is 0 Å². The van der Waals surface area contributed by atoms with Crippen molar-refractivity contribution in [3.05, 3.63) is 0 Å². The first-order chi connectivity index (χ1) is 5.00. The molecule has 3 nitrogen and oxygen atoms in total. The predicted molar refractivity (Wildman–Crippen MR) is 39.9 cm³/mol. The summed E-state index contributed by atoms with van der Waals surface area (Å²) in [5.74, 6) is -0.156. The highest BCUT2D eigenvalue weighted by Crippen LogP contribution is 2.25. The van der Waals surface area contributed by atoms with Crippen molar-refractivity contribution in [2.45, 2.75) is 33.5 Å². The third-order valence-corrected chi connectivity index (χ3v) is 1.52. The van der Waals surface area contributed by atoms with Gasteiger partial charge in [-0.05, 0) is 0 Å². The SMILES string of the molecule is CC(C)(C)C1OCCC(=O)O1. The molecule has 0 aromatic rings. The topological polar surface area (TPSA) is 35.5 Å². The third kappa shape index (κ3) is 2.19. The predicted octanol–water partition coefficient (Wildman–Crippen LogP) is 1.32. The number of rotatable bonds is 0. The van der Waals surface area contributed by atoms with Crippen LogP contribution in [0.4, 0.5) is 0 Å². The van der Waals surface area contributed by atoms with Gasteiger partial charge < -0.3 is 9.47 Å². The molecule has 0 bridgehead atoms. The van der Waals surface area contributed by atoms with Crippen molar-refractivity contribution in [3.63, 3.8) is 0 Å². The molecule has 64 valence electrons. The van der Waals surface area contributed by atoms with Gasteiger partial charge in [-0.25, -0.2) is 0 Å². The van der Waals surface area contributed by atoms with E-state index >= 15 is 0 Å². The Morgan fingerprint density at radius 3 is 2.45 bits per heavy atom. The normalized spacial score (nSPS) is 26.5. The van der Waals surface area contributed by atoms with E-state index < -0.39 is 0 Å². The van der Waals surface area contributed by atoms with Crippen molar-refractivity contribution in [2.75, 3.05) is 6.61 Å². The van der Waals surface area contributed by atoms with Crippen LogP contribution in [0.1, 0.15) is 27.2 Å². The number of esters is 1. The van der Waals surface area contributed by atoms with Crippen LogP contribution in [0.5, 0.6) is 0 Å². The lowest BCUT2D eigenvalue weighted by atomic mass is 9.95. The van der Waals surface area contributed by atoms with E-state index in [1.54, 1.807) is 0 Å². The zero-order chi connectivity index (χ0) is 8.48. The van der Waals surface area contributed by atoms with E-state index in [0.29, 0.717) is 13.0 Å². The van der Waals surface area contributed by atoms with Gasteiger partial charge in [0.2, 0.25) is 6.29 Å². The van der Waals surface area contributed by atoms with Gasteiger partial charge in [-0.1, -0.05) is 20.8 Å². The molecule has 0 amide bonds. The summed E-state index contributed by atoms with van der Waals surface area (Å²) in [6.07, 6.45) is 0.01000. The summed E-state index contributed by atoms with van der Waals surface area (Å²) in [5.41, 5.74) is -0.115. The molecule has 0 saturated carbocycles. The van der Waals surface area contributed by atoms with Crippen LogP contribution in [0.2, 0.25) is 0 Å². The maximum Gasteiger partial charge on any atom is 0.310 e. The Labute approximate surface area is 66.7 Å². The van der Waals surface area contributed by atoms with Crippen LogP contribution in [-0.2, 0) is 14.3 Å². The van der Waals surface area contributed by atoms with E-state index in [2.05, 4.69) is 0 Å². The van der Waals surface area contributed by atoms with E-state index in [1.807, 2.05) is 20.8 Å². The Morgan fingerprint density at radius 1 is 1.45 bits per heavy atom. The van der Waals surface area contributed by atoms with Gasteiger partial charge in [0, 0.05) is 5.41 Å². The largest absolute Gasteiger partial charge is 0.435 e. The van der Waals surface area contributed by atoms with Crippen LogP contribution in [0.3, 0.4) is 0 Å². The van der Waals surface area contributed by atoms with Crippen LogP contribution in [-0.4, -0.2) is 18.9 Å². The van der Waals surface area contributed by atoms with Crippen LogP contribution < -0.4 is 0 Å². The quantitative estimate of drug-likeness (QED) is 0.499. The molecular formula is C8H14O3. The summed E-state index contributed by atoms with van der Waals surface area (Å²) in [7, 11) is 0. The Hall–Kier alpha value is -0.570. The summed E-state index contributed by atoms with van der Waals surface area (Å²) < 4.78 is 10.3. The molecule has 1 saturated heterocycles. The first-order valence-electron chi connectivity index (χ1n) is 3.81. The molecule has 1 unspecified atom stereocenters. The van der Waals surface area contributed by atoms with Crippen LogP contribution in [0.15, 0.2) is 0 Å². The smallest absolute Gasteiger partial charge is 0.310 e. The van der Waals surface area contributed by atoms with Crippen molar-refractivity contribution < 1.29 is 14.3 Å². The molecule has 0 radical (unpaired) electrons. The lowest BCUT2D eigenvalue weighted by Gasteiger charge is -2.32. The van der Waals surface area contributed by atoms with Crippen LogP contribution in [0, 0.1) is 5.41 Å². The van der Waals surface area contributed by atoms with Crippen molar-refractivity contribution in [2.24, 2.45) is 5.41 Å². The fourth-order valence-electron chi connectivity index (χ4n) is 0.888. The number of hydrogen-bond donors (Lipinski definition) is 0.